The Morgan fingerprint density at radius 3 is 2.67 bits per heavy atom. The van der Waals surface area contributed by atoms with E-state index in [1.165, 1.54) is 30.8 Å². The summed E-state index contributed by atoms with van der Waals surface area (Å²) in [5.74, 6) is -0.0297. The molecule has 1 aromatic heterocycles. The predicted octanol–water partition coefficient (Wildman–Crippen LogP) is 6.43. The van der Waals surface area contributed by atoms with E-state index < -0.39 is 26.5 Å². The first kappa shape index (κ1) is 30.7. The van der Waals surface area contributed by atoms with E-state index in [1.807, 2.05) is 0 Å². The number of anilines is 2. The molecule has 0 fully saturated rings. The molecule has 5 rings (SSSR count). The molecular weight excluding hydrogens is 598 g/mol. The highest BCUT2D eigenvalue weighted by molar-refractivity contribution is 7.92. The highest BCUT2D eigenvalue weighted by atomic mass is 35.5. The van der Waals surface area contributed by atoms with Gasteiger partial charge in [-0.15, -0.1) is 0 Å². The summed E-state index contributed by atoms with van der Waals surface area (Å²) in [7, 11) is -3.22. The van der Waals surface area contributed by atoms with Crippen molar-refractivity contribution in [3.8, 4) is 5.75 Å². The molecule has 1 atom stereocenters. The van der Waals surface area contributed by atoms with E-state index in [-0.39, 0.29) is 31.3 Å². The molecule has 1 aliphatic rings. The molecule has 0 radical (unpaired) electrons. The first-order valence-corrected chi connectivity index (χ1v) is 15.8. The van der Waals surface area contributed by atoms with Crippen LogP contribution >= 0.6 is 11.6 Å². The van der Waals surface area contributed by atoms with Gasteiger partial charge in [-0.1, -0.05) is 23.7 Å². The Kier molecular flexibility index (Phi) is 9.14. The molecule has 2 heterocycles. The summed E-state index contributed by atoms with van der Waals surface area (Å²) >= 11 is 6.48. The SMILES string of the molecule is CC(C)S(=O)(=O)CCNCC1(c2cc3c(Nc4ccc(OCc5cccc(F)c5)c(Cl)c4)ncnc3cc2F)CC=CO1. The number of nitrogens with zero attached hydrogens (tertiary/aromatic N) is 2. The lowest BCUT2D eigenvalue weighted by atomic mass is 9.89. The Labute approximate surface area is 254 Å². The molecule has 0 saturated heterocycles. The van der Waals surface area contributed by atoms with Crippen molar-refractivity contribution in [3.05, 3.63) is 101 Å². The van der Waals surface area contributed by atoms with Crippen LogP contribution < -0.4 is 15.4 Å². The van der Waals surface area contributed by atoms with Crippen LogP contribution in [0.25, 0.3) is 10.9 Å². The van der Waals surface area contributed by atoms with Gasteiger partial charge in [0, 0.05) is 42.2 Å². The van der Waals surface area contributed by atoms with Gasteiger partial charge in [0.15, 0.2) is 15.4 Å². The van der Waals surface area contributed by atoms with Gasteiger partial charge in [-0.3, -0.25) is 0 Å². The van der Waals surface area contributed by atoms with Crippen molar-refractivity contribution in [1.82, 2.24) is 15.3 Å². The van der Waals surface area contributed by atoms with Crippen molar-refractivity contribution >= 4 is 43.8 Å². The van der Waals surface area contributed by atoms with Gasteiger partial charge < -0.3 is 20.1 Å². The van der Waals surface area contributed by atoms with E-state index in [2.05, 4.69) is 20.6 Å². The average molecular weight is 629 g/mol. The highest BCUT2D eigenvalue weighted by Gasteiger charge is 2.38. The molecule has 43 heavy (non-hydrogen) atoms. The lowest BCUT2D eigenvalue weighted by Crippen LogP contribution is -2.40. The summed E-state index contributed by atoms with van der Waals surface area (Å²) in [6, 6.07) is 14.2. The van der Waals surface area contributed by atoms with Crippen molar-refractivity contribution in [3.63, 3.8) is 0 Å². The standard InChI is InChI=1S/C31H31ClF2N4O4S/c1-20(2)43(39,40)12-10-35-18-31(9-4-11-42-31)25-15-24-28(16-27(25)34)36-19-37-30(24)38-23-7-8-29(26(32)14-23)41-17-21-5-3-6-22(33)13-21/h3-8,11,13-16,19-20,35H,9-10,12,17-18H2,1-2H3,(H,36,37,38). The van der Waals surface area contributed by atoms with E-state index in [9.17, 15) is 12.8 Å². The zero-order valence-corrected chi connectivity index (χ0v) is 25.2. The van der Waals surface area contributed by atoms with E-state index in [1.54, 1.807) is 56.3 Å². The van der Waals surface area contributed by atoms with Gasteiger partial charge in [-0.05, 0) is 61.9 Å². The Bertz CT molecular complexity index is 1760. The van der Waals surface area contributed by atoms with Crippen molar-refractivity contribution in [2.45, 2.75) is 37.7 Å². The molecule has 1 unspecified atom stereocenters. The third-order valence-corrected chi connectivity index (χ3v) is 9.73. The predicted molar refractivity (Wildman–Crippen MR) is 163 cm³/mol. The molecule has 8 nitrogen and oxygen atoms in total. The van der Waals surface area contributed by atoms with E-state index in [4.69, 9.17) is 21.1 Å². The van der Waals surface area contributed by atoms with Crippen molar-refractivity contribution in [2.75, 3.05) is 24.2 Å². The number of rotatable bonds is 12. The summed E-state index contributed by atoms with van der Waals surface area (Å²) in [6.45, 7) is 3.84. The fraction of sp³-hybridized carbons (Fsp3) is 0.290. The molecule has 0 aliphatic carbocycles. The number of aromatic nitrogens is 2. The summed E-state index contributed by atoms with van der Waals surface area (Å²) in [5.41, 5.74) is 0.883. The molecule has 0 saturated carbocycles. The molecule has 1 aliphatic heterocycles. The van der Waals surface area contributed by atoms with Crippen LogP contribution in [0.4, 0.5) is 20.3 Å². The zero-order chi connectivity index (χ0) is 30.6. The largest absolute Gasteiger partial charge is 0.489 e. The minimum atomic E-state index is -3.22. The Morgan fingerprint density at radius 2 is 1.95 bits per heavy atom. The number of halogens is 3. The summed E-state index contributed by atoms with van der Waals surface area (Å²) < 4.78 is 65.1. The molecule has 0 amide bonds. The number of hydrogen-bond donors (Lipinski definition) is 2. The van der Waals surface area contributed by atoms with E-state index >= 15 is 4.39 Å². The first-order chi connectivity index (χ1) is 20.6. The summed E-state index contributed by atoms with van der Waals surface area (Å²) in [5, 5.41) is 6.78. The van der Waals surface area contributed by atoms with Gasteiger partial charge in [0.1, 0.15) is 36.1 Å². The van der Waals surface area contributed by atoms with Crippen molar-refractivity contribution < 1.29 is 26.7 Å². The van der Waals surface area contributed by atoms with Gasteiger partial charge in [-0.2, -0.15) is 0 Å². The second-order valence-corrected chi connectivity index (χ2v) is 13.6. The van der Waals surface area contributed by atoms with Crippen LogP contribution in [0.1, 0.15) is 31.4 Å². The maximum atomic E-state index is 15.5. The molecule has 226 valence electrons. The number of nitrogens with one attached hydrogen (secondary N) is 2. The highest BCUT2D eigenvalue weighted by Crippen LogP contribution is 2.39. The Hall–Kier alpha value is -3.80. The molecular formula is C31H31ClF2N4O4S. The van der Waals surface area contributed by atoms with Gasteiger partial charge in [0.2, 0.25) is 0 Å². The summed E-state index contributed by atoms with van der Waals surface area (Å²) in [4.78, 5) is 8.63. The van der Waals surface area contributed by atoms with E-state index in [0.29, 0.717) is 50.7 Å². The van der Waals surface area contributed by atoms with Crippen molar-refractivity contribution in [1.29, 1.82) is 0 Å². The molecule has 12 heteroatoms. The van der Waals surface area contributed by atoms with Crippen LogP contribution in [-0.2, 0) is 26.8 Å². The quantitative estimate of drug-likeness (QED) is 0.173. The summed E-state index contributed by atoms with van der Waals surface area (Å²) in [6.07, 6.45) is 5.05. The zero-order valence-electron chi connectivity index (χ0n) is 23.6. The topological polar surface area (TPSA) is 102 Å². The van der Waals surface area contributed by atoms with Gasteiger partial charge in [0.25, 0.3) is 0 Å². The van der Waals surface area contributed by atoms with Crippen molar-refractivity contribution in [2.24, 2.45) is 0 Å². The maximum Gasteiger partial charge on any atom is 0.153 e. The Balaban J connectivity index is 1.36. The lowest BCUT2D eigenvalue weighted by molar-refractivity contribution is 0.0385. The smallest absolute Gasteiger partial charge is 0.153 e. The van der Waals surface area contributed by atoms with Crippen LogP contribution in [0.3, 0.4) is 0 Å². The molecule has 3 aromatic carbocycles. The third kappa shape index (κ3) is 7.06. The van der Waals surface area contributed by atoms with Gasteiger partial charge in [0.05, 0.1) is 27.8 Å². The second kappa shape index (κ2) is 12.8. The first-order valence-electron chi connectivity index (χ1n) is 13.7. The molecule has 4 aromatic rings. The van der Waals surface area contributed by atoms with Crippen LogP contribution in [0.15, 0.2) is 73.3 Å². The number of sulfone groups is 1. The van der Waals surface area contributed by atoms with Gasteiger partial charge in [-0.25, -0.2) is 27.2 Å². The van der Waals surface area contributed by atoms with Crippen LogP contribution in [0.5, 0.6) is 5.75 Å². The van der Waals surface area contributed by atoms with E-state index in [0.717, 1.165) is 0 Å². The maximum absolute atomic E-state index is 15.5. The number of fused-ring (bicyclic) bond motifs is 1. The lowest BCUT2D eigenvalue weighted by Gasteiger charge is -2.30. The molecule has 0 spiro atoms. The van der Waals surface area contributed by atoms with Crippen LogP contribution in [0.2, 0.25) is 5.02 Å². The average Bonchev–Trinajstić information content (AvgIpc) is 3.44. The number of hydrogen-bond acceptors (Lipinski definition) is 8. The van der Waals surface area contributed by atoms with Gasteiger partial charge >= 0.3 is 0 Å². The molecule has 2 N–H and O–H groups in total. The second-order valence-electron chi connectivity index (χ2n) is 10.5. The monoisotopic (exact) mass is 628 g/mol. The van der Waals surface area contributed by atoms with Crippen LogP contribution in [0, 0.1) is 11.6 Å². The van der Waals surface area contributed by atoms with Crippen LogP contribution in [-0.4, -0.2) is 42.5 Å². The minimum Gasteiger partial charge on any atom is -0.489 e. The number of benzene rings is 3. The third-order valence-electron chi connectivity index (χ3n) is 7.22. The normalized spacial score (nSPS) is 16.5. The minimum absolute atomic E-state index is 0.0342. The Morgan fingerprint density at radius 1 is 1.12 bits per heavy atom. The fourth-order valence-corrected chi connectivity index (χ4v) is 5.87. The molecule has 0 bridgehead atoms. The fourth-order valence-electron chi connectivity index (χ4n) is 4.73. The number of ether oxygens (including phenoxy) is 2.